The van der Waals surface area contributed by atoms with Crippen LogP contribution in [0.25, 0.3) is 0 Å². The van der Waals surface area contributed by atoms with Crippen LogP contribution in [0.4, 0.5) is 42.5 Å². The third kappa shape index (κ3) is 10.7. The van der Waals surface area contributed by atoms with E-state index in [9.17, 15) is 39.6 Å². The van der Waals surface area contributed by atoms with E-state index in [4.69, 9.17) is 36.7 Å². The molecule has 260 valence electrons. The number of anilines is 2. The van der Waals surface area contributed by atoms with Crippen molar-refractivity contribution in [2.24, 2.45) is 5.73 Å². The maximum Gasteiger partial charge on any atom is 0.490 e. The van der Waals surface area contributed by atoms with Crippen LogP contribution in [0.2, 0.25) is 0 Å². The van der Waals surface area contributed by atoms with Gasteiger partial charge in [0, 0.05) is 43.5 Å². The van der Waals surface area contributed by atoms with Crippen molar-refractivity contribution in [2.75, 3.05) is 36.8 Å². The Morgan fingerprint density at radius 3 is 1.85 bits per heavy atom. The lowest BCUT2D eigenvalue weighted by Crippen LogP contribution is -2.52. The fraction of sp³-hybridized carbons (Fsp3) is 0.407. The summed E-state index contributed by atoms with van der Waals surface area (Å²) in [5, 5.41) is 21.9. The molecule has 2 aromatic rings. The Hall–Kier alpha value is -4.59. The number of hydrogen-bond donors (Lipinski definition) is 5. The highest BCUT2D eigenvalue weighted by atomic mass is 32.2. The van der Waals surface area contributed by atoms with E-state index in [0.717, 1.165) is 18.5 Å². The molecule has 0 unspecified atom stereocenters. The molecule has 13 nitrogen and oxygen atoms in total. The number of amidine groups is 1. The molecule has 0 aromatic heterocycles. The van der Waals surface area contributed by atoms with Crippen LogP contribution in [0.1, 0.15) is 31.2 Å². The van der Waals surface area contributed by atoms with Crippen molar-refractivity contribution in [3.05, 3.63) is 54.1 Å². The number of amides is 2. The Balaban J connectivity index is 0.000000459. The second-order valence-corrected chi connectivity index (χ2v) is 12.0. The van der Waals surface area contributed by atoms with Crippen LogP contribution < -0.4 is 16.4 Å². The lowest BCUT2D eigenvalue weighted by Gasteiger charge is -2.39. The molecular formula is C27H32F6N6O7S. The Labute approximate surface area is 264 Å². The van der Waals surface area contributed by atoms with Crippen LogP contribution in [-0.2, 0) is 19.6 Å². The van der Waals surface area contributed by atoms with Crippen molar-refractivity contribution >= 4 is 45.2 Å². The summed E-state index contributed by atoms with van der Waals surface area (Å²) in [6.45, 7) is 1.91. The van der Waals surface area contributed by atoms with E-state index in [-0.39, 0.29) is 28.5 Å². The normalized spacial score (nSPS) is 16.6. The van der Waals surface area contributed by atoms with Crippen LogP contribution >= 0.6 is 0 Å². The number of hydrogen-bond acceptors (Lipinski definition) is 7. The molecule has 2 aromatic carbocycles. The van der Waals surface area contributed by atoms with Crippen molar-refractivity contribution in [2.45, 2.75) is 49.0 Å². The maximum atomic E-state index is 13.5. The zero-order valence-corrected chi connectivity index (χ0v) is 25.3. The largest absolute Gasteiger partial charge is 0.490 e. The molecule has 0 spiro atoms. The van der Waals surface area contributed by atoms with Gasteiger partial charge in [0.05, 0.1) is 5.69 Å². The second kappa shape index (κ2) is 15.8. The number of carboxylic acid groups (broad SMARTS) is 2. The van der Waals surface area contributed by atoms with Gasteiger partial charge in [0.15, 0.2) is 0 Å². The number of sulfonamides is 1. The van der Waals surface area contributed by atoms with Crippen LogP contribution in [0.5, 0.6) is 0 Å². The van der Waals surface area contributed by atoms with Gasteiger partial charge in [-0.2, -0.15) is 30.6 Å². The minimum atomic E-state index is -5.08. The van der Waals surface area contributed by atoms with Crippen molar-refractivity contribution in [3.8, 4) is 0 Å². The minimum Gasteiger partial charge on any atom is -0.475 e. The van der Waals surface area contributed by atoms with Gasteiger partial charge in [-0.05, 0) is 49.9 Å². The Bertz CT molecular complexity index is 1520. The molecule has 2 saturated heterocycles. The standard InChI is InChI=1S/C23H30N6O3S.2C2HF3O2/c24-20-8-1-2-9-21(20)33(31,32)27-14-10-18(11-15-27)28-12-3-4-13-29(23(28)30)19-7-5-6-17(16-19)22(25)26;2*3-2(4,5)1(6)7/h1-2,5-9,16,18H,3-4,10-15,24H2,(H3,25,26);2*(H,6,7). The first kappa shape index (κ1) is 38.6. The molecule has 0 bridgehead atoms. The van der Waals surface area contributed by atoms with Gasteiger partial charge >= 0.3 is 30.3 Å². The van der Waals surface area contributed by atoms with E-state index in [2.05, 4.69) is 0 Å². The Kier molecular flexibility index (Phi) is 13.0. The number of nitrogens with two attached hydrogens (primary N) is 2. The molecule has 2 heterocycles. The quantitative estimate of drug-likeness (QED) is 0.133. The van der Waals surface area contributed by atoms with Gasteiger partial charge in [0.1, 0.15) is 10.7 Å². The number of nitrogens with zero attached hydrogens (tertiary/aromatic N) is 3. The van der Waals surface area contributed by atoms with E-state index in [1.54, 1.807) is 41.3 Å². The maximum absolute atomic E-state index is 13.5. The van der Waals surface area contributed by atoms with Gasteiger partial charge in [0.25, 0.3) is 0 Å². The van der Waals surface area contributed by atoms with Gasteiger partial charge < -0.3 is 26.6 Å². The molecule has 47 heavy (non-hydrogen) atoms. The third-order valence-corrected chi connectivity index (χ3v) is 8.83. The highest BCUT2D eigenvalue weighted by Crippen LogP contribution is 2.29. The SMILES string of the molecule is N=C(N)c1cccc(N2CCCCN(C3CCN(S(=O)(=O)c4ccccc4N)CC3)C2=O)c1.O=C(O)C(F)(F)F.O=C(O)C(F)(F)F. The topological polar surface area (TPSA) is 211 Å². The van der Waals surface area contributed by atoms with Crippen LogP contribution in [-0.4, -0.2) is 96.2 Å². The molecule has 20 heteroatoms. The molecule has 0 saturated carbocycles. The number of rotatable bonds is 5. The van der Waals surface area contributed by atoms with Gasteiger partial charge in [-0.15, -0.1) is 0 Å². The molecule has 0 radical (unpaired) electrons. The first-order valence-corrected chi connectivity index (χ1v) is 15.1. The summed E-state index contributed by atoms with van der Waals surface area (Å²) in [5.74, 6) is -5.55. The predicted molar refractivity (Wildman–Crippen MR) is 156 cm³/mol. The van der Waals surface area contributed by atoms with E-state index < -0.39 is 34.3 Å². The predicted octanol–water partition coefficient (Wildman–Crippen LogP) is 3.69. The van der Waals surface area contributed by atoms with Gasteiger partial charge in [-0.25, -0.2) is 22.8 Å². The summed E-state index contributed by atoms with van der Waals surface area (Å²) in [7, 11) is -3.67. The molecule has 2 aliphatic heterocycles. The first-order valence-electron chi connectivity index (χ1n) is 13.7. The van der Waals surface area contributed by atoms with E-state index in [0.29, 0.717) is 44.6 Å². The summed E-state index contributed by atoms with van der Waals surface area (Å²) in [6, 6.07) is 13.6. The zero-order chi connectivity index (χ0) is 35.7. The molecular weight excluding hydrogens is 666 g/mol. The number of halogens is 6. The monoisotopic (exact) mass is 698 g/mol. The van der Waals surface area contributed by atoms with E-state index >= 15 is 0 Å². The van der Waals surface area contributed by atoms with Gasteiger partial charge in [-0.3, -0.25) is 10.3 Å². The number of nitrogens with one attached hydrogen (secondary N) is 1. The average molecular weight is 699 g/mol. The summed E-state index contributed by atoms with van der Waals surface area (Å²) < 4.78 is 91.1. The fourth-order valence-corrected chi connectivity index (χ4v) is 6.15. The van der Waals surface area contributed by atoms with Crippen molar-refractivity contribution < 1.29 is 59.4 Å². The van der Waals surface area contributed by atoms with Crippen LogP contribution in [0.3, 0.4) is 0 Å². The Morgan fingerprint density at radius 2 is 1.36 bits per heavy atom. The number of carboxylic acids is 2. The summed E-state index contributed by atoms with van der Waals surface area (Å²) in [6.07, 6.45) is -7.28. The molecule has 2 aliphatic rings. The number of nitrogen functional groups attached to an aromatic ring is 2. The highest BCUT2D eigenvalue weighted by Gasteiger charge is 2.39. The third-order valence-electron chi connectivity index (χ3n) is 6.86. The number of aliphatic carboxylic acids is 2. The highest BCUT2D eigenvalue weighted by molar-refractivity contribution is 7.89. The Morgan fingerprint density at radius 1 is 0.851 bits per heavy atom. The fourth-order valence-electron chi connectivity index (χ4n) is 4.57. The number of para-hydroxylation sites is 1. The van der Waals surface area contributed by atoms with E-state index in [1.165, 1.54) is 10.4 Å². The van der Waals surface area contributed by atoms with Crippen LogP contribution in [0, 0.1) is 5.41 Å². The van der Waals surface area contributed by atoms with Crippen molar-refractivity contribution in [1.82, 2.24) is 9.21 Å². The van der Waals surface area contributed by atoms with Gasteiger partial charge in [0.2, 0.25) is 10.0 Å². The van der Waals surface area contributed by atoms with E-state index in [1.807, 2.05) is 11.0 Å². The van der Waals surface area contributed by atoms with Crippen molar-refractivity contribution in [1.29, 1.82) is 5.41 Å². The molecule has 0 atom stereocenters. The molecule has 4 rings (SSSR count). The second-order valence-electron chi connectivity index (χ2n) is 10.1. The minimum absolute atomic E-state index is 0.0336. The number of carbonyl (C=O) groups is 3. The molecule has 7 N–H and O–H groups in total. The smallest absolute Gasteiger partial charge is 0.475 e. The summed E-state index contributed by atoms with van der Waals surface area (Å²) >= 11 is 0. The number of alkyl halides is 6. The number of piperidine rings is 1. The number of urea groups is 1. The molecule has 0 aliphatic carbocycles. The van der Waals surface area contributed by atoms with Gasteiger partial charge in [-0.1, -0.05) is 24.3 Å². The first-order chi connectivity index (χ1) is 21.7. The molecule has 2 fully saturated rings. The number of benzene rings is 2. The summed E-state index contributed by atoms with van der Waals surface area (Å²) in [5.41, 5.74) is 13.1. The molecule has 2 amide bonds. The lowest BCUT2D eigenvalue weighted by molar-refractivity contribution is -0.193. The number of carbonyl (C=O) groups excluding carboxylic acids is 1. The lowest BCUT2D eigenvalue weighted by atomic mass is 10.0. The van der Waals surface area contributed by atoms with Crippen LogP contribution in [0.15, 0.2) is 53.4 Å². The summed E-state index contributed by atoms with van der Waals surface area (Å²) in [4.78, 5) is 35.0. The zero-order valence-electron chi connectivity index (χ0n) is 24.5. The van der Waals surface area contributed by atoms with Crippen molar-refractivity contribution in [3.63, 3.8) is 0 Å². The average Bonchev–Trinajstić information content (AvgIpc) is 3.18.